The summed E-state index contributed by atoms with van der Waals surface area (Å²) in [7, 11) is 1.71. The lowest BCUT2D eigenvalue weighted by atomic mass is 10.1. The van der Waals surface area contributed by atoms with E-state index in [2.05, 4.69) is 0 Å². The highest BCUT2D eigenvalue weighted by Gasteiger charge is 2.52. The molecule has 136 valence electrons. The molecule has 1 atom stereocenters. The zero-order valence-electron chi connectivity index (χ0n) is 14.3. The molecular formula is C20H19Cl2NO3. The Balaban J connectivity index is 1.69. The van der Waals surface area contributed by atoms with Gasteiger partial charge < -0.3 is 9.64 Å². The number of amides is 1. The minimum absolute atomic E-state index is 0.0570. The first kappa shape index (κ1) is 18.7. The average molecular weight is 392 g/mol. The van der Waals surface area contributed by atoms with E-state index in [9.17, 15) is 9.59 Å². The van der Waals surface area contributed by atoms with Gasteiger partial charge in [0.15, 0.2) is 0 Å². The van der Waals surface area contributed by atoms with Crippen LogP contribution in [0.2, 0.25) is 0 Å². The molecule has 1 aliphatic rings. The molecule has 1 saturated carbocycles. The Morgan fingerprint density at radius 1 is 1.08 bits per heavy atom. The molecule has 0 bridgehead atoms. The van der Waals surface area contributed by atoms with Crippen LogP contribution in [-0.4, -0.2) is 34.8 Å². The molecule has 3 rings (SSSR count). The lowest BCUT2D eigenvalue weighted by Gasteiger charge is -2.19. The van der Waals surface area contributed by atoms with Crippen molar-refractivity contribution in [2.24, 2.45) is 5.92 Å². The van der Waals surface area contributed by atoms with E-state index in [1.165, 1.54) is 0 Å². The van der Waals surface area contributed by atoms with E-state index < -0.39 is 10.3 Å². The Morgan fingerprint density at radius 3 is 2.27 bits per heavy atom. The van der Waals surface area contributed by atoms with Crippen molar-refractivity contribution in [3.05, 3.63) is 71.3 Å². The van der Waals surface area contributed by atoms with E-state index in [4.69, 9.17) is 27.9 Å². The van der Waals surface area contributed by atoms with Gasteiger partial charge in [0.1, 0.15) is 4.33 Å². The van der Waals surface area contributed by atoms with Crippen molar-refractivity contribution in [1.29, 1.82) is 0 Å². The third kappa shape index (κ3) is 4.37. The maximum absolute atomic E-state index is 12.8. The Morgan fingerprint density at radius 2 is 1.65 bits per heavy atom. The Hall–Kier alpha value is -2.04. The first-order valence-corrected chi connectivity index (χ1v) is 9.07. The predicted molar refractivity (Wildman–Crippen MR) is 102 cm³/mol. The Labute approximate surface area is 162 Å². The number of alkyl halides is 2. The summed E-state index contributed by atoms with van der Waals surface area (Å²) in [6.45, 7) is 0.598. The van der Waals surface area contributed by atoms with Gasteiger partial charge in [-0.15, -0.1) is 23.2 Å². The first-order chi connectivity index (χ1) is 12.4. The lowest BCUT2D eigenvalue weighted by molar-refractivity contribution is 0.0479. The number of nitrogens with zero attached hydrogens (tertiary/aromatic N) is 1. The molecule has 4 nitrogen and oxygen atoms in total. The van der Waals surface area contributed by atoms with Crippen LogP contribution in [0.25, 0.3) is 0 Å². The van der Waals surface area contributed by atoms with Crippen LogP contribution in [0.1, 0.15) is 32.7 Å². The number of rotatable bonds is 6. The normalized spacial score (nSPS) is 17.4. The second kappa shape index (κ2) is 7.68. The molecule has 1 amide bonds. The summed E-state index contributed by atoms with van der Waals surface area (Å²) >= 11 is 11.9. The van der Waals surface area contributed by atoms with Crippen molar-refractivity contribution < 1.29 is 14.3 Å². The number of carbonyl (C=O) groups excluding carboxylic acids is 2. The minimum atomic E-state index is -0.800. The van der Waals surface area contributed by atoms with Gasteiger partial charge in [-0.2, -0.15) is 0 Å². The SMILES string of the molecule is CN(Cc1ccccc1)C(=O)c1ccccc1C(=O)OC[C@@H]1CC1(Cl)Cl. The van der Waals surface area contributed by atoms with Crippen LogP contribution in [0.5, 0.6) is 0 Å². The third-order valence-corrected chi connectivity index (χ3v) is 5.28. The highest BCUT2D eigenvalue weighted by molar-refractivity contribution is 6.50. The van der Waals surface area contributed by atoms with Crippen LogP contribution < -0.4 is 0 Å². The molecule has 0 heterocycles. The summed E-state index contributed by atoms with van der Waals surface area (Å²) in [5.74, 6) is -0.839. The van der Waals surface area contributed by atoms with Crippen molar-refractivity contribution in [1.82, 2.24) is 4.90 Å². The maximum atomic E-state index is 12.8. The van der Waals surface area contributed by atoms with E-state index in [-0.39, 0.29) is 24.0 Å². The number of carbonyl (C=O) groups is 2. The smallest absolute Gasteiger partial charge is 0.338 e. The zero-order chi connectivity index (χ0) is 18.7. The van der Waals surface area contributed by atoms with Gasteiger partial charge in [-0.05, 0) is 24.1 Å². The second-order valence-electron chi connectivity index (χ2n) is 6.45. The van der Waals surface area contributed by atoms with Crippen LogP contribution >= 0.6 is 23.2 Å². The lowest BCUT2D eigenvalue weighted by Crippen LogP contribution is -2.28. The van der Waals surface area contributed by atoms with E-state index in [0.29, 0.717) is 18.5 Å². The molecule has 1 fully saturated rings. The molecule has 0 unspecified atom stereocenters. The van der Waals surface area contributed by atoms with Crippen molar-refractivity contribution >= 4 is 35.1 Å². The molecule has 0 N–H and O–H groups in total. The van der Waals surface area contributed by atoms with Crippen LogP contribution in [-0.2, 0) is 11.3 Å². The minimum Gasteiger partial charge on any atom is -0.462 e. The van der Waals surface area contributed by atoms with Gasteiger partial charge in [0, 0.05) is 19.5 Å². The molecular weight excluding hydrogens is 373 g/mol. The van der Waals surface area contributed by atoms with Crippen LogP contribution in [0, 0.1) is 5.92 Å². The molecule has 0 spiro atoms. The van der Waals surface area contributed by atoms with Crippen molar-refractivity contribution in [3.8, 4) is 0 Å². The molecule has 2 aromatic carbocycles. The third-order valence-electron chi connectivity index (χ3n) is 4.36. The Kier molecular flexibility index (Phi) is 5.54. The van der Waals surface area contributed by atoms with Gasteiger partial charge in [0.2, 0.25) is 0 Å². The molecule has 0 saturated heterocycles. The summed E-state index contributed by atoms with van der Waals surface area (Å²) in [5, 5.41) is 0. The van der Waals surface area contributed by atoms with Gasteiger partial charge in [-0.3, -0.25) is 4.79 Å². The summed E-state index contributed by atoms with van der Waals surface area (Å²) in [4.78, 5) is 26.8. The fourth-order valence-corrected chi connectivity index (χ4v) is 3.19. The summed E-state index contributed by atoms with van der Waals surface area (Å²) in [5.41, 5.74) is 1.57. The largest absolute Gasteiger partial charge is 0.462 e. The van der Waals surface area contributed by atoms with E-state index in [1.807, 2.05) is 30.3 Å². The maximum Gasteiger partial charge on any atom is 0.338 e. The Bertz CT molecular complexity index is 808. The topological polar surface area (TPSA) is 46.6 Å². The fourth-order valence-electron chi connectivity index (χ4n) is 2.69. The standard InChI is InChI=1S/C20H19Cl2NO3/c1-23(12-14-7-3-2-4-8-14)18(24)16-9-5-6-10-17(16)19(25)26-13-15-11-20(15,21)22/h2-10,15H,11-13H2,1H3/t15-/m0/s1. The molecule has 6 heteroatoms. The van der Waals surface area contributed by atoms with Crippen molar-refractivity contribution in [2.75, 3.05) is 13.7 Å². The fraction of sp³-hybridized carbons (Fsp3) is 0.300. The highest BCUT2D eigenvalue weighted by Crippen LogP contribution is 2.53. The quantitative estimate of drug-likeness (QED) is 0.544. The van der Waals surface area contributed by atoms with Crippen LogP contribution in [0.3, 0.4) is 0 Å². The number of hydrogen-bond acceptors (Lipinski definition) is 3. The van der Waals surface area contributed by atoms with Crippen molar-refractivity contribution in [2.45, 2.75) is 17.3 Å². The molecule has 1 aliphatic carbocycles. The second-order valence-corrected chi connectivity index (χ2v) is 8.00. The average Bonchev–Trinajstić information content (AvgIpc) is 3.26. The first-order valence-electron chi connectivity index (χ1n) is 8.32. The van der Waals surface area contributed by atoms with Gasteiger partial charge in [0.25, 0.3) is 5.91 Å². The summed E-state index contributed by atoms with van der Waals surface area (Å²) in [6.07, 6.45) is 0.601. The van der Waals surface area contributed by atoms with Crippen LogP contribution in [0.4, 0.5) is 0 Å². The van der Waals surface area contributed by atoms with Gasteiger partial charge in [-0.25, -0.2) is 4.79 Å². The van der Waals surface area contributed by atoms with Gasteiger partial charge in [-0.1, -0.05) is 42.5 Å². The van der Waals surface area contributed by atoms with E-state index >= 15 is 0 Å². The zero-order valence-corrected chi connectivity index (χ0v) is 15.8. The highest BCUT2D eigenvalue weighted by atomic mass is 35.5. The monoisotopic (exact) mass is 391 g/mol. The van der Waals surface area contributed by atoms with E-state index in [1.54, 1.807) is 36.2 Å². The predicted octanol–water partition coefficient (Wildman–Crippen LogP) is 4.31. The summed E-state index contributed by atoms with van der Waals surface area (Å²) < 4.78 is 4.50. The molecule has 26 heavy (non-hydrogen) atoms. The number of hydrogen-bond donors (Lipinski definition) is 0. The van der Waals surface area contributed by atoms with Gasteiger partial charge >= 0.3 is 5.97 Å². The van der Waals surface area contributed by atoms with Gasteiger partial charge in [0.05, 0.1) is 17.7 Å². The number of halogens is 2. The number of esters is 1. The molecule has 0 radical (unpaired) electrons. The number of ether oxygens (including phenoxy) is 1. The van der Waals surface area contributed by atoms with E-state index in [0.717, 1.165) is 5.56 Å². The molecule has 0 aliphatic heterocycles. The van der Waals surface area contributed by atoms with Crippen molar-refractivity contribution in [3.63, 3.8) is 0 Å². The van der Waals surface area contributed by atoms with Crippen LogP contribution in [0.15, 0.2) is 54.6 Å². The summed E-state index contributed by atoms with van der Waals surface area (Å²) in [6, 6.07) is 16.3. The number of benzene rings is 2. The molecule has 2 aromatic rings. The molecule has 0 aromatic heterocycles.